The number of carbonyl (C=O) groups is 3. The van der Waals surface area contributed by atoms with Crippen LogP contribution in [0.3, 0.4) is 0 Å². The second kappa shape index (κ2) is 9.78. The lowest BCUT2D eigenvalue weighted by molar-refractivity contribution is -0.140. The third-order valence-corrected chi connectivity index (χ3v) is 4.20. The molecule has 0 aliphatic carbocycles. The van der Waals surface area contributed by atoms with Gasteiger partial charge in [-0.25, -0.2) is 9.59 Å². The summed E-state index contributed by atoms with van der Waals surface area (Å²) in [7, 11) is 2.49. The van der Waals surface area contributed by atoms with Crippen molar-refractivity contribution in [3.63, 3.8) is 0 Å². The summed E-state index contributed by atoms with van der Waals surface area (Å²) < 4.78 is 14.8. The van der Waals surface area contributed by atoms with Crippen LogP contribution in [0.1, 0.15) is 44.1 Å². The molecule has 0 spiro atoms. The van der Waals surface area contributed by atoms with Crippen molar-refractivity contribution in [2.45, 2.75) is 25.3 Å². The van der Waals surface area contributed by atoms with Gasteiger partial charge in [0.1, 0.15) is 12.3 Å². The van der Waals surface area contributed by atoms with E-state index in [1.54, 1.807) is 0 Å². The normalized spacial score (nSPS) is 10.3. The molecule has 0 saturated carbocycles. The zero-order valence-electron chi connectivity index (χ0n) is 15.0. The summed E-state index contributed by atoms with van der Waals surface area (Å²) in [6.45, 7) is 0.0684. The zero-order valence-corrected chi connectivity index (χ0v) is 15.8. The summed E-state index contributed by atoms with van der Waals surface area (Å²) in [4.78, 5) is 39.1. The number of nitrogens with one attached hydrogen (secondary N) is 1. The Bertz CT molecular complexity index is 815. The van der Waals surface area contributed by atoms with Gasteiger partial charge in [0.05, 0.1) is 25.7 Å². The third kappa shape index (κ3) is 5.10. The smallest absolute Gasteiger partial charge is 0.355 e. The van der Waals surface area contributed by atoms with Crippen LogP contribution in [0.4, 0.5) is 0 Å². The SMILES string of the molecule is COC(=O)CCc1c(C(=O)OCc2ccccc2)[nH]c(CCl)c1C(=O)OC. The van der Waals surface area contributed by atoms with Crippen LogP contribution in [0.25, 0.3) is 0 Å². The molecule has 8 heteroatoms. The van der Waals surface area contributed by atoms with Crippen LogP contribution < -0.4 is 0 Å². The van der Waals surface area contributed by atoms with Crippen molar-refractivity contribution < 1.29 is 28.6 Å². The molecule has 1 N–H and O–H groups in total. The minimum atomic E-state index is -0.653. The fraction of sp³-hybridized carbons (Fsp3) is 0.316. The second-order valence-corrected chi connectivity index (χ2v) is 5.86. The van der Waals surface area contributed by atoms with Crippen LogP contribution in [0.2, 0.25) is 0 Å². The van der Waals surface area contributed by atoms with Gasteiger partial charge in [-0.1, -0.05) is 30.3 Å². The van der Waals surface area contributed by atoms with Crippen molar-refractivity contribution in [2.24, 2.45) is 0 Å². The maximum Gasteiger partial charge on any atom is 0.355 e. The topological polar surface area (TPSA) is 94.7 Å². The first-order valence-electron chi connectivity index (χ1n) is 8.17. The monoisotopic (exact) mass is 393 g/mol. The summed E-state index contributed by atoms with van der Waals surface area (Å²) >= 11 is 5.90. The number of carbonyl (C=O) groups excluding carboxylic acids is 3. The fourth-order valence-electron chi connectivity index (χ4n) is 2.59. The second-order valence-electron chi connectivity index (χ2n) is 5.60. The Balaban J connectivity index is 2.31. The fourth-order valence-corrected chi connectivity index (χ4v) is 2.79. The average molecular weight is 394 g/mol. The van der Waals surface area contributed by atoms with E-state index in [-0.39, 0.29) is 36.6 Å². The molecule has 7 nitrogen and oxygen atoms in total. The number of halogens is 1. The number of hydrogen-bond donors (Lipinski definition) is 1. The number of aromatic amines is 1. The van der Waals surface area contributed by atoms with Gasteiger partial charge in [0.2, 0.25) is 0 Å². The number of esters is 3. The molecule has 2 aromatic rings. The first-order valence-corrected chi connectivity index (χ1v) is 8.71. The van der Waals surface area contributed by atoms with Crippen molar-refractivity contribution in [3.05, 3.63) is 58.4 Å². The van der Waals surface area contributed by atoms with Gasteiger partial charge in [-0.3, -0.25) is 4.79 Å². The molecule has 0 unspecified atom stereocenters. The molecule has 1 aromatic heterocycles. The van der Waals surface area contributed by atoms with Gasteiger partial charge in [-0.05, 0) is 17.5 Å². The van der Waals surface area contributed by atoms with Gasteiger partial charge in [-0.2, -0.15) is 0 Å². The standard InChI is InChI=1S/C19H20ClNO6/c1-25-15(22)9-8-13-16(18(23)26-2)14(10-20)21-17(13)19(24)27-11-12-6-4-3-5-7-12/h3-7,21H,8-11H2,1-2H3. The maximum atomic E-state index is 12.6. The lowest BCUT2D eigenvalue weighted by Gasteiger charge is -2.07. The van der Waals surface area contributed by atoms with Crippen LogP contribution in [0, 0.1) is 0 Å². The van der Waals surface area contributed by atoms with Crippen molar-refractivity contribution in [1.29, 1.82) is 0 Å². The molecule has 0 atom stereocenters. The predicted molar refractivity (Wildman–Crippen MR) is 97.6 cm³/mol. The Labute approximate surface area is 161 Å². The van der Waals surface area contributed by atoms with Crippen molar-refractivity contribution >= 4 is 29.5 Å². The van der Waals surface area contributed by atoms with E-state index in [1.807, 2.05) is 30.3 Å². The summed E-state index contributed by atoms with van der Waals surface area (Å²) in [6.07, 6.45) is 0.0826. The number of aromatic nitrogens is 1. The summed E-state index contributed by atoms with van der Waals surface area (Å²) in [5.41, 5.74) is 1.68. The molecule has 0 fully saturated rings. The highest BCUT2D eigenvalue weighted by Gasteiger charge is 2.27. The molecule has 0 aliphatic heterocycles. The summed E-state index contributed by atoms with van der Waals surface area (Å²) in [6, 6.07) is 9.17. The third-order valence-electron chi connectivity index (χ3n) is 3.93. The average Bonchev–Trinajstić information content (AvgIpc) is 3.08. The highest BCUT2D eigenvalue weighted by molar-refractivity contribution is 6.17. The Morgan fingerprint density at radius 3 is 2.33 bits per heavy atom. The van der Waals surface area contributed by atoms with Crippen LogP contribution in [0.5, 0.6) is 0 Å². The molecular formula is C19H20ClNO6. The van der Waals surface area contributed by atoms with Gasteiger partial charge >= 0.3 is 17.9 Å². The first kappa shape index (κ1) is 20.5. The zero-order chi connectivity index (χ0) is 19.8. The number of alkyl halides is 1. The molecule has 2 rings (SSSR count). The predicted octanol–water partition coefficient (Wildman–Crippen LogP) is 3.00. The minimum absolute atomic E-state index is 0.0148. The minimum Gasteiger partial charge on any atom is -0.469 e. The molecule has 1 aromatic carbocycles. The molecule has 0 bridgehead atoms. The lowest BCUT2D eigenvalue weighted by Crippen LogP contribution is -2.12. The molecule has 0 radical (unpaired) electrons. The quantitative estimate of drug-likeness (QED) is 0.421. The Morgan fingerprint density at radius 2 is 1.74 bits per heavy atom. The van der Waals surface area contributed by atoms with Gasteiger partial charge in [-0.15, -0.1) is 11.6 Å². The summed E-state index contributed by atoms with van der Waals surface area (Å²) in [5, 5.41) is 0. The molecular weight excluding hydrogens is 374 g/mol. The molecule has 0 aliphatic rings. The van der Waals surface area contributed by atoms with E-state index >= 15 is 0 Å². The number of benzene rings is 1. The lowest BCUT2D eigenvalue weighted by atomic mass is 10.0. The number of H-pyrrole nitrogens is 1. The van der Waals surface area contributed by atoms with E-state index < -0.39 is 17.9 Å². The van der Waals surface area contributed by atoms with Crippen molar-refractivity contribution in [1.82, 2.24) is 4.98 Å². The van der Waals surface area contributed by atoms with E-state index in [9.17, 15) is 14.4 Å². The number of methoxy groups -OCH3 is 2. The van der Waals surface area contributed by atoms with Crippen LogP contribution in [-0.4, -0.2) is 37.1 Å². The van der Waals surface area contributed by atoms with E-state index in [4.69, 9.17) is 21.1 Å². The van der Waals surface area contributed by atoms with Crippen LogP contribution >= 0.6 is 11.6 Å². The molecule has 144 valence electrons. The number of hydrogen-bond acceptors (Lipinski definition) is 6. The van der Waals surface area contributed by atoms with Gasteiger partial charge in [0.25, 0.3) is 0 Å². The van der Waals surface area contributed by atoms with Gasteiger partial charge < -0.3 is 19.2 Å². The highest BCUT2D eigenvalue weighted by atomic mass is 35.5. The highest BCUT2D eigenvalue weighted by Crippen LogP contribution is 2.25. The van der Waals surface area contributed by atoms with E-state index in [0.29, 0.717) is 11.3 Å². The summed E-state index contributed by atoms with van der Waals surface area (Å²) in [5.74, 6) is -1.81. The maximum absolute atomic E-state index is 12.6. The Hall–Kier alpha value is -2.80. The van der Waals surface area contributed by atoms with Gasteiger partial charge in [0, 0.05) is 12.1 Å². The van der Waals surface area contributed by atoms with E-state index in [1.165, 1.54) is 14.2 Å². The molecule has 0 amide bonds. The first-order chi connectivity index (χ1) is 13.0. The largest absolute Gasteiger partial charge is 0.469 e. The Morgan fingerprint density at radius 1 is 1.04 bits per heavy atom. The molecule has 27 heavy (non-hydrogen) atoms. The van der Waals surface area contributed by atoms with E-state index in [2.05, 4.69) is 9.72 Å². The van der Waals surface area contributed by atoms with Crippen LogP contribution in [0.15, 0.2) is 30.3 Å². The van der Waals surface area contributed by atoms with Crippen molar-refractivity contribution in [3.8, 4) is 0 Å². The van der Waals surface area contributed by atoms with Gasteiger partial charge in [0.15, 0.2) is 0 Å². The van der Waals surface area contributed by atoms with Crippen molar-refractivity contribution in [2.75, 3.05) is 14.2 Å². The molecule has 1 heterocycles. The number of ether oxygens (including phenoxy) is 3. The van der Waals surface area contributed by atoms with E-state index in [0.717, 1.165) is 5.56 Å². The molecule has 0 saturated heterocycles. The number of rotatable bonds is 8. The Kier molecular flexibility index (Phi) is 7.43. The van der Waals surface area contributed by atoms with Crippen LogP contribution in [-0.2, 0) is 37.9 Å².